The van der Waals surface area contributed by atoms with E-state index in [-0.39, 0.29) is 18.2 Å². The monoisotopic (exact) mass is 421 g/mol. The SMILES string of the molecule is Cc1ccc(CS(=O)(=O)NCc2nc(-c3cccc(Br)c3)no2)cc1. The van der Waals surface area contributed by atoms with Crippen LogP contribution < -0.4 is 4.72 Å². The van der Waals surface area contributed by atoms with Crippen LogP contribution in [-0.2, 0) is 22.3 Å². The Labute approximate surface area is 154 Å². The first-order valence-corrected chi connectivity index (χ1v) is 9.97. The van der Waals surface area contributed by atoms with Gasteiger partial charge in [-0.15, -0.1) is 0 Å². The Morgan fingerprint density at radius 2 is 1.92 bits per heavy atom. The quantitative estimate of drug-likeness (QED) is 0.658. The van der Waals surface area contributed by atoms with Crippen LogP contribution in [0.2, 0.25) is 0 Å². The molecule has 0 saturated carbocycles. The van der Waals surface area contributed by atoms with Gasteiger partial charge in [0.15, 0.2) is 0 Å². The van der Waals surface area contributed by atoms with E-state index in [1.807, 2.05) is 43.3 Å². The molecule has 0 atom stereocenters. The molecule has 0 fully saturated rings. The van der Waals surface area contributed by atoms with Crippen molar-refractivity contribution >= 4 is 26.0 Å². The third-order valence-corrected chi connectivity index (χ3v) is 5.26. The summed E-state index contributed by atoms with van der Waals surface area (Å²) in [4.78, 5) is 4.22. The molecule has 0 radical (unpaired) electrons. The van der Waals surface area contributed by atoms with Crippen LogP contribution in [0.25, 0.3) is 11.4 Å². The smallest absolute Gasteiger partial charge is 0.242 e. The fraction of sp³-hybridized carbons (Fsp3) is 0.176. The van der Waals surface area contributed by atoms with E-state index in [1.54, 1.807) is 12.1 Å². The van der Waals surface area contributed by atoms with Gasteiger partial charge in [0.25, 0.3) is 0 Å². The van der Waals surface area contributed by atoms with Gasteiger partial charge in [-0.25, -0.2) is 13.1 Å². The number of aromatic nitrogens is 2. The minimum atomic E-state index is -3.49. The van der Waals surface area contributed by atoms with Crippen molar-refractivity contribution in [2.24, 2.45) is 0 Å². The molecule has 3 aromatic rings. The van der Waals surface area contributed by atoms with E-state index in [4.69, 9.17) is 4.52 Å². The number of rotatable bonds is 6. The summed E-state index contributed by atoms with van der Waals surface area (Å²) in [5, 5.41) is 3.88. The topological polar surface area (TPSA) is 85.1 Å². The molecule has 0 saturated heterocycles. The van der Waals surface area contributed by atoms with Crippen LogP contribution in [0, 0.1) is 6.92 Å². The van der Waals surface area contributed by atoms with Crippen molar-refractivity contribution in [3.05, 3.63) is 70.0 Å². The predicted octanol–water partition coefficient (Wildman–Crippen LogP) is 3.43. The second kappa shape index (κ2) is 7.47. The normalized spacial score (nSPS) is 11.6. The summed E-state index contributed by atoms with van der Waals surface area (Å²) >= 11 is 3.38. The minimum absolute atomic E-state index is 0.0464. The molecule has 0 amide bonds. The first-order chi connectivity index (χ1) is 11.9. The molecule has 6 nitrogen and oxygen atoms in total. The fourth-order valence-electron chi connectivity index (χ4n) is 2.20. The lowest BCUT2D eigenvalue weighted by Gasteiger charge is -2.05. The van der Waals surface area contributed by atoms with Crippen molar-refractivity contribution in [1.29, 1.82) is 0 Å². The Bertz CT molecular complexity index is 969. The first-order valence-electron chi connectivity index (χ1n) is 7.53. The summed E-state index contributed by atoms with van der Waals surface area (Å²) in [6.07, 6.45) is 0. The van der Waals surface area contributed by atoms with Gasteiger partial charge in [0.1, 0.15) is 0 Å². The summed E-state index contributed by atoms with van der Waals surface area (Å²) in [5.74, 6) is 0.524. The maximum Gasteiger partial charge on any atom is 0.242 e. The van der Waals surface area contributed by atoms with E-state index in [9.17, 15) is 8.42 Å². The van der Waals surface area contributed by atoms with Crippen molar-refractivity contribution in [3.63, 3.8) is 0 Å². The standard InChI is InChI=1S/C17H16BrN3O3S/c1-12-5-7-13(8-6-12)11-25(22,23)19-10-16-20-17(21-24-16)14-3-2-4-15(18)9-14/h2-9,19H,10-11H2,1H3. The van der Waals surface area contributed by atoms with Gasteiger partial charge in [0.05, 0.1) is 12.3 Å². The van der Waals surface area contributed by atoms with Crippen LogP contribution in [-0.4, -0.2) is 18.6 Å². The minimum Gasteiger partial charge on any atom is -0.338 e. The summed E-state index contributed by atoms with van der Waals surface area (Å²) in [5.41, 5.74) is 2.59. The molecule has 3 rings (SSSR count). The predicted molar refractivity (Wildman–Crippen MR) is 98.1 cm³/mol. The van der Waals surface area contributed by atoms with Crippen molar-refractivity contribution < 1.29 is 12.9 Å². The van der Waals surface area contributed by atoms with E-state index < -0.39 is 10.0 Å². The molecule has 0 aliphatic carbocycles. The fourth-order valence-corrected chi connectivity index (χ4v) is 3.67. The van der Waals surface area contributed by atoms with Gasteiger partial charge in [-0.3, -0.25) is 0 Å². The van der Waals surface area contributed by atoms with Crippen LogP contribution in [0.4, 0.5) is 0 Å². The number of halogens is 1. The molecular formula is C17H16BrN3O3S. The highest BCUT2D eigenvalue weighted by Crippen LogP contribution is 2.20. The van der Waals surface area contributed by atoms with Crippen molar-refractivity contribution in [3.8, 4) is 11.4 Å². The van der Waals surface area contributed by atoms with Gasteiger partial charge in [0, 0.05) is 10.0 Å². The maximum atomic E-state index is 12.2. The zero-order valence-electron chi connectivity index (χ0n) is 13.4. The lowest BCUT2D eigenvalue weighted by atomic mass is 10.2. The number of nitrogens with one attached hydrogen (secondary N) is 1. The maximum absolute atomic E-state index is 12.2. The van der Waals surface area contributed by atoms with Crippen molar-refractivity contribution in [2.75, 3.05) is 0 Å². The van der Waals surface area contributed by atoms with E-state index in [1.165, 1.54) is 0 Å². The van der Waals surface area contributed by atoms with Crippen molar-refractivity contribution in [2.45, 2.75) is 19.2 Å². The van der Waals surface area contributed by atoms with E-state index in [2.05, 4.69) is 30.8 Å². The average molecular weight is 422 g/mol. The average Bonchev–Trinajstić information content (AvgIpc) is 3.04. The van der Waals surface area contributed by atoms with Gasteiger partial charge in [0.2, 0.25) is 21.7 Å². The van der Waals surface area contributed by atoms with Gasteiger partial charge in [-0.2, -0.15) is 4.98 Å². The third-order valence-electron chi connectivity index (χ3n) is 3.47. The number of nitrogens with zero attached hydrogens (tertiary/aromatic N) is 2. The molecule has 1 aromatic heterocycles. The second-order valence-electron chi connectivity index (χ2n) is 5.59. The summed E-state index contributed by atoms with van der Waals surface area (Å²) in [6.45, 7) is 1.91. The van der Waals surface area contributed by atoms with Crippen LogP contribution in [0.3, 0.4) is 0 Å². The summed E-state index contributed by atoms with van der Waals surface area (Å²) in [7, 11) is -3.49. The van der Waals surface area contributed by atoms with Gasteiger partial charge in [-0.05, 0) is 24.6 Å². The Balaban J connectivity index is 1.64. The van der Waals surface area contributed by atoms with E-state index >= 15 is 0 Å². The molecular weight excluding hydrogens is 406 g/mol. The first kappa shape index (κ1) is 17.8. The summed E-state index contributed by atoms with van der Waals surface area (Å²) in [6, 6.07) is 14.8. The molecule has 0 aliphatic rings. The van der Waals surface area contributed by atoms with Gasteiger partial charge < -0.3 is 4.52 Å². The largest absolute Gasteiger partial charge is 0.338 e. The molecule has 0 aliphatic heterocycles. The number of sulfonamides is 1. The zero-order chi connectivity index (χ0) is 17.9. The highest BCUT2D eigenvalue weighted by atomic mass is 79.9. The Hall–Kier alpha value is -2.03. The molecule has 8 heteroatoms. The Morgan fingerprint density at radius 3 is 2.64 bits per heavy atom. The highest BCUT2D eigenvalue weighted by molar-refractivity contribution is 9.10. The molecule has 1 N–H and O–H groups in total. The lowest BCUT2D eigenvalue weighted by molar-refractivity contribution is 0.376. The summed E-state index contributed by atoms with van der Waals surface area (Å²) < 4.78 is 32.8. The van der Waals surface area contributed by atoms with Gasteiger partial charge in [-0.1, -0.05) is 63.0 Å². The van der Waals surface area contributed by atoms with Crippen LogP contribution in [0.5, 0.6) is 0 Å². The molecule has 0 unspecified atom stereocenters. The van der Waals surface area contributed by atoms with Crippen molar-refractivity contribution in [1.82, 2.24) is 14.9 Å². The molecule has 2 aromatic carbocycles. The molecule has 130 valence electrons. The van der Waals surface area contributed by atoms with Crippen LogP contribution in [0.1, 0.15) is 17.0 Å². The molecule has 0 bridgehead atoms. The zero-order valence-corrected chi connectivity index (χ0v) is 15.8. The third kappa shape index (κ3) is 4.97. The Kier molecular flexibility index (Phi) is 5.31. The molecule has 0 spiro atoms. The number of hydrogen-bond donors (Lipinski definition) is 1. The van der Waals surface area contributed by atoms with Crippen LogP contribution in [0.15, 0.2) is 57.5 Å². The van der Waals surface area contributed by atoms with E-state index in [0.29, 0.717) is 5.82 Å². The van der Waals surface area contributed by atoms with E-state index in [0.717, 1.165) is 21.2 Å². The second-order valence-corrected chi connectivity index (χ2v) is 8.31. The Morgan fingerprint density at radius 1 is 1.16 bits per heavy atom. The lowest BCUT2D eigenvalue weighted by Crippen LogP contribution is -2.24. The molecule has 1 heterocycles. The van der Waals surface area contributed by atoms with Gasteiger partial charge >= 0.3 is 0 Å². The van der Waals surface area contributed by atoms with Crippen LogP contribution >= 0.6 is 15.9 Å². The number of hydrogen-bond acceptors (Lipinski definition) is 5. The number of aryl methyl sites for hydroxylation is 1. The molecule has 25 heavy (non-hydrogen) atoms. The highest BCUT2D eigenvalue weighted by Gasteiger charge is 2.15. The number of benzene rings is 2.